The van der Waals surface area contributed by atoms with Crippen LogP contribution < -0.4 is 0 Å². The van der Waals surface area contributed by atoms with Gasteiger partial charge in [0.1, 0.15) is 5.82 Å². The molecule has 3 rings (SSSR count). The molecule has 0 saturated carbocycles. The van der Waals surface area contributed by atoms with E-state index in [1.54, 1.807) is 11.3 Å². The topological polar surface area (TPSA) is 41.6 Å². The van der Waals surface area contributed by atoms with Gasteiger partial charge in [-0.1, -0.05) is 0 Å². The minimum absolute atomic E-state index is 0.779. The van der Waals surface area contributed by atoms with Crippen LogP contribution in [0.5, 0.6) is 0 Å². The first kappa shape index (κ1) is 10.2. The summed E-state index contributed by atoms with van der Waals surface area (Å²) in [7, 11) is 0. The molecule has 0 unspecified atom stereocenters. The second-order valence-corrected chi connectivity index (χ2v) is 6.41. The molecule has 0 aromatic carbocycles. The van der Waals surface area contributed by atoms with Gasteiger partial charge in [0.05, 0.1) is 8.40 Å². The van der Waals surface area contributed by atoms with Gasteiger partial charge in [0, 0.05) is 17.1 Å². The van der Waals surface area contributed by atoms with E-state index in [1.807, 2.05) is 13.1 Å². The van der Waals surface area contributed by atoms with Crippen molar-refractivity contribution in [1.82, 2.24) is 15.0 Å². The van der Waals surface area contributed by atoms with E-state index in [1.165, 1.54) is 2.88 Å². The molecule has 16 heavy (non-hydrogen) atoms. The largest absolute Gasteiger partial charge is 0.337 e. The van der Waals surface area contributed by atoms with E-state index in [0.29, 0.717) is 0 Å². The third-order valence-electron chi connectivity index (χ3n) is 2.32. The van der Waals surface area contributed by atoms with Crippen LogP contribution >= 0.6 is 33.9 Å². The Hall–Kier alpha value is -0.950. The summed E-state index contributed by atoms with van der Waals surface area (Å²) >= 11 is 4.03. The van der Waals surface area contributed by atoms with Gasteiger partial charge in [-0.15, -0.1) is 11.3 Å². The van der Waals surface area contributed by atoms with Crippen molar-refractivity contribution in [1.29, 1.82) is 0 Å². The molecule has 0 atom stereocenters. The second-order valence-electron chi connectivity index (χ2n) is 3.61. The van der Waals surface area contributed by atoms with Crippen LogP contribution in [0.4, 0.5) is 0 Å². The molecule has 3 aromatic heterocycles. The molecular formula is C11H8IN3S. The van der Waals surface area contributed by atoms with Gasteiger partial charge >= 0.3 is 0 Å². The highest BCUT2D eigenvalue weighted by Gasteiger charge is 2.07. The van der Waals surface area contributed by atoms with Gasteiger partial charge in [-0.3, -0.25) is 0 Å². The molecule has 0 aliphatic heterocycles. The average molecular weight is 341 g/mol. The maximum Gasteiger partial charge on any atom is 0.178 e. The van der Waals surface area contributed by atoms with Crippen molar-refractivity contribution < 1.29 is 0 Å². The van der Waals surface area contributed by atoms with Gasteiger partial charge in [0.25, 0.3) is 0 Å². The van der Waals surface area contributed by atoms with Gasteiger partial charge in [-0.25, -0.2) is 9.97 Å². The standard InChI is InChI=1S/C11H8IN3S/c1-6-2-8-11(13-4-6)15-10(14-8)7-3-9(12)16-5-7/h2-5H,1H3,(H,13,14,15). The highest BCUT2D eigenvalue weighted by atomic mass is 127. The van der Waals surface area contributed by atoms with Crippen molar-refractivity contribution in [3.8, 4) is 11.4 Å². The Labute approximate surface area is 110 Å². The van der Waals surface area contributed by atoms with E-state index < -0.39 is 0 Å². The van der Waals surface area contributed by atoms with Crippen molar-refractivity contribution in [2.45, 2.75) is 6.92 Å². The van der Waals surface area contributed by atoms with Crippen molar-refractivity contribution >= 4 is 45.1 Å². The number of thiophene rings is 1. The lowest BCUT2D eigenvalue weighted by molar-refractivity contribution is 1.28. The number of nitrogens with zero attached hydrogens (tertiary/aromatic N) is 2. The first-order chi connectivity index (χ1) is 7.72. The first-order valence-electron chi connectivity index (χ1n) is 4.79. The van der Waals surface area contributed by atoms with Crippen molar-refractivity contribution in [3.05, 3.63) is 32.2 Å². The van der Waals surface area contributed by atoms with Crippen LogP contribution in [0.2, 0.25) is 0 Å². The van der Waals surface area contributed by atoms with Gasteiger partial charge in [0.2, 0.25) is 0 Å². The van der Waals surface area contributed by atoms with Gasteiger partial charge in [-0.2, -0.15) is 0 Å². The van der Waals surface area contributed by atoms with Crippen LogP contribution in [0.25, 0.3) is 22.6 Å². The number of rotatable bonds is 1. The van der Waals surface area contributed by atoms with Gasteiger partial charge in [0.15, 0.2) is 5.65 Å². The molecule has 0 aliphatic rings. The van der Waals surface area contributed by atoms with E-state index in [0.717, 1.165) is 28.1 Å². The van der Waals surface area contributed by atoms with Crippen molar-refractivity contribution in [2.24, 2.45) is 0 Å². The number of nitrogens with one attached hydrogen (secondary N) is 1. The summed E-state index contributed by atoms with van der Waals surface area (Å²) in [6, 6.07) is 4.19. The number of imidazole rings is 1. The SMILES string of the molecule is Cc1cnc2nc(-c3csc(I)c3)[nH]c2c1. The minimum atomic E-state index is 0.779. The average Bonchev–Trinajstić information content (AvgIpc) is 2.83. The minimum Gasteiger partial charge on any atom is -0.337 e. The summed E-state index contributed by atoms with van der Waals surface area (Å²) in [5.74, 6) is 0.896. The van der Waals surface area contributed by atoms with Crippen molar-refractivity contribution in [2.75, 3.05) is 0 Å². The Bertz CT molecular complexity index is 656. The quantitative estimate of drug-likeness (QED) is 0.687. The van der Waals surface area contributed by atoms with E-state index >= 15 is 0 Å². The molecule has 80 valence electrons. The lowest BCUT2D eigenvalue weighted by Crippen LogP contribution is -1.77. The molecule has 0 saturated heterocycles. The summed E-state index contributed by atoms with van der Waals surface area (Å²) in [6.45, 7) is 2.03. The molecule has 0 amide bonds. The summed E-state index contributed by atoms with van der Waals surface area (Å²) in [4.78, 5) is 12.1. The predicted octanol–water partition coefficient (Wildman–Crippen LogP) is 3.60. The maximum absolute atomic E-state index is 4.47. The number of hydrogen-bond donors (Lipinski definition) is 1. The Morgan fingerprint density at radius 1 is 1.38 bits per heavy atom. The number of pyridine rings is 1. The fourth-order valence-corrected chi connectivity index (χ4v) is 2.91. The molecule has 0 radical (unpaired) electrons. The lowest BCUT2D eigenvalue weighted by atomic mass is 10.3. The van der Waals surface area contributed by atoms with Crippen LogP contribution in [-0.4, -0.2) is 15.0 Å². The number of aromatic amines is 1. The highest BCUT2D eigenvalue weighted by Crippen LogP contribution is 2.25. The molecule has 3 heterocycles. The van der Waals surface area contributed by atoms with Crippen LogP contribution in [0.3, 0.4) is 0 Å². The Morgan fingerprint density at radius 2 is 2.25 bits per heavy atom. The summed E-state index contributed by atoms with van der Waals surface area (Å²) in [6.07, 6.45) is 1.84. The van der Waals surface area contributed by atoms with E-state index in [9.17, 15) is 0 Å². The van der Waals surface area contributed by atoms with E-state index in [2.05, 4.69) is 55.1 Å². The molecule has 0 fully saturated rings. The molecule has 0 spiro atoms. The first-order valence-corrected chi connectivity index (χ1v) is 6.75. The fourth-order valence-electron chi connectivity index (χ4n) is 1.58. The molecule has 3 aromatic rings. The van der Waals surface area contributed by atoms with Gasteiger partial charge in [-0.05, 0) is 47.2 Å². The zero-order chi connectivity index (χ0) is 11.1. The van der Waals surface area contributed by atoms with Gasteiger partial charge < -0.3 is 4.98 Å². The molecule has 1 N–H and O–H groups in total. The fraction of sp³-hybridized carbons (Fsp3) is 0.0909. The number of aromatic nitrogens is 3. The summed E-state index contributed by atoms with van der Waals surface area (Å²) in [5.41, 5.74) is 4.05. The Kier molecular flexibility index (Phi) is 2.44. The predicted molar refractivity (Wildman–Crippen MR) is 74.7 cm³/mol. The third kappa shape index (κ3) is 1.73. The van der Waals surface area contributed by atoms with Crippen molar-refractivity contribution in [3.63, 3.8) is 0 Å². The molecule has 3 nitrogen and oxygen atoms in total. The molecule has 5 heteroatoms. The Morgan fingerprint density at radius 3 is 3.00 bits per heavy atom. The van der Waals surface area contributed by atoms with Crippen LogP contribution in [-0.2, 0) is 0 Å². The summed E-state index contributed by atoms with van der Waals surface area (Å²) < 4.78 is 1.26. The van der Waals surface area contributed by atoms with Crippen LogP contribution in [0.1, 0.15) is 5.56 Å². The summed E-state index contributed by atoms with van der Waals surface area (Å²) in [5, 5.41) is 2.10. The number of aryl methyl sites for hydroxylation is 1. The monoisotopic (exact) mass is 341 g/mol. The second kappa shape index (κ2) is 3.81. The smallest absolute Gasteiger partial charge is 0.178 e. The zero-order valence-corrected chi connectivity index (χ0v) is 11.5. The molecular weight excluding hydrogens is 333 g/mol. The van der Waals surface area contributed by atoms with Crippen LogP contribution in [0.15, 0.2) is 23.7 Å². The normalized spacial score (nSPS) is 11.1. The molecule has 0 bridgehead atoms. The number of H-pyrrole nitrogens is 1. The third-order valence-corrected chi connectivity index (χ3v) is 4.10. The van der Waals surface area contributed by atoms with Crippen LogP contribution in [0, 0.1) is 9.81 Å². The van der Waals surface area contributed by atoms with E-state index in [4.69, 9.17) is 0 Å². The highest BCUT2D eigenvalue weighted by molar-refractivity contribution is 14.1. The number of halogens is 1. The van der Waals surface area contributed by atoms with E-state index in [-0.39, 0.29) is 0 Å². The Balaban J connectivity index is 2.18. The maximum atomic E-state index is 4.47. The lowest BCUT2D eigenvalue weighted by Gasteiger charge is -1.88. The molecule has 0 aliphatic carbocycles. The zero-order valence-electron chi connectivity index (χ0n) is 8.49. The number of hydrogen-bond acceptors (Lipinski definition) is 3. The number of fused-ring (bicyclic) bond motifs is 1.